The van der Waals surface area contributed by atoms with E-state index in [4.69, 9.17) is 5.73 Å². The van der Waals surface area contributed by atoms with Crippen molar-refractivity contribution < 1.29 is 22.4 Å². The number of hydrogen-bond acceptors (Lipinski definition) is 8. The number of imidazole rings is 2. The van der Waals surface area contributed by atoms with Crippen molar-refractivity contribution in [1.29, 1.82) is 5.26 Å². The topological polar surface area (TPSA) is 153 Å². The van der Waals surface area contributed by atoms with E-state index in [9.17, 15) is 27.6 Å². The highest BCUT2D eigenvalue weighted by Gasteiger charge is 2.17. The Kier molecular flexibility index (Phi) is 9.09. The molecule has 8 aromatic rings. The molecule has 0 spiro atoms. The lowest BCUT2D eigenvalue weighted by atomic mass is 10.0. The Morgan fingerprint density at radius 1 is 0.736 bits per heavy atom. The summed E-state index contributed by atoms with van der Waals surface area (Å²) in [5.74, 6) is -1.63. The van der Waals surface area contributed by atoms with Crippen LogP contribution in [0.15, 0.2) is 110 Å². The maximum atomic E-state index is 13.9. The Balaban J connectivity index is 0.000000164. The lowest BCUT2D eigenvalue weighted by Gasteiger charge is -2.10. The molecule has 1 amide bonds. The van der Waals surface area contributed by atoms with Crippen molar-refractivity contribution in [1.82, 2.24) is 38.7 Å². The lowest BCUT2D eigenvalue weighted by molar-refractivity contribution is 0.0994. The van der Waals surface area contributed by atoms with Gasteiger partial charge < -0.3 is 5.73 Å². The predicted octanol–water partition coefficient (Wildman–Crippen LogP) is 7.41. The van der Waals surface area contributed by atoms with Gasteiger partial charge >= 0.3 is 0 Å². The number of hydrogen-bond donors (Lipinski definition) is 1. The Labute approximate surface area is 297 Å². The number of rotatable bonds is 6. The smallest absolute Gasteiger partial charge is 0.280 e. The summed E-state index contributed by atoms with van der Waals surface area (Å²) in [6.45, 7) is 1.88. The summed E-state index contributed by atoms with van der Waals surface area (Å²) in [6, 6.07) is 21.3. The molecule has 0 saturated heterocycles. The quantitative estimate of drug-likeness (QED) is 0.175. The van der Waals surface area contributed by atoms with Crippen molar-refractivity contribution in [3.63, 3.8) is 0 Å². The average molecular weight is 713 g/mol. The minimum atomic E-state index is -2.73. The van der Waals surface area contributed by atoms with Crippen LogP contribution in [0, 0.1) is 29.9 Å². The molecular weight excluding hydrogens is 688 g/mol. The van der Waals surface area contributed by atoms with Crippen molar-refractivity contribution in [2.45, 2.75) is 13.3 Å². The number of halogens is 4. The molecule has 2 N–H and O–H groups in total. The summed E-state index contributed by atoms with van der Waals surface area (Å²) in [5, 5.41) is 9.18. The van der Waals surface area contributed by atoms with Gasteiger partial charge in [-0.3, -0.25) is 28.5 Å². The summed E-state index contributed by atoms with van der Waals surface area (Å²) < 4.78 is 56.9. The summed E-state index contributed by atoms with van der Waals surface area (Å²) in [6.07, 6.45) is 5.59. The number of nitrogens with zero attached hydrogens (tertiary/aromatic N) is 9. The zero-order valence-corrected chi connectivity index (χ0v) is 27.5. The standard InChI is InChI=1S/C19H10F3N5.C19H14FN5O/c20-12-6-14(11-4-5-17-24-9-13(7-23)27(17)10-11)18(25-8-12)15-2-1-3-16(26-15)19(21)22;1-11-3-2-4-15(24-11)18-14(7-13(20)8-23-18)12-5-6-17-22-9-16(19(21)26)25(17)10-12/h1-6,8-10,19H;2-10H,1H3,(H2,21,26). The van der Waals surface area contributed by atoms with Gasteiger partial charge in [-0.15, -0.1) is 0 Å². The number of nitrogens with two attached hydrogens (primary N) is 1. The van der Waals surface area contributed by atoms with Crippen LogP contribution in [0.2, 0.25) is 0 Å². The second-order valence-electron chi connectivity index (χ2n) is 11.6. The number of aromatic nitrogens is 8. The van der Waals surface area contributed by atoms with Gasteiger partial charge in [-0.25, -0.2) is 32.5 Å². The number of nitriles is 1. The maximum absolute atomic E-state index is 13.9. The molecule has 53 heavy (non-hydrogen) atoms. The minimum absolute atomic E-state index is 0.203. The Hall–Kier alpha value is -7.34. The van der Waals surface area contributed by atoms with Crippen LogP contribution < -0.4 is 5.73 Å². The molecule has 0 radical (unpaired) electrons. The highest BCUT2D eigenvalue weighted by Crippen LogP contribution is 2.32. The molecule has 11 nitrogen and oxygen atoms in total. The van der Waals surface area contributed by atoms with E-state index >= 15 is 0 Å². The fourth-order valence-corrected chi connectivity index (χ4v) is 5.65. The van der Waals surface area contributed by atoms with E-state index in [0.717, 1.165) is 18.1 Å². The molecule has 0 aromatic carbocycles. The van der Waals surface area contributed by atoms with E-state index in [1.807, 2.05) is 31.2 Å². The van der Waals surface area contributed by atoms with Crippen LogP contribution in [-0.4, -0.2) is 44.6 Å². The Bertz CT molecular complexity index is 2720. The molecule has 8 aromatic heterocycles. The van der Waals surface area contributed by atoms with E-state index < -0.39 is 24.0 Å². The Morgan fingerprint density at radius 3 is 1.89 bits per heavy atom. The van der Waals surface area contributed by atoms with E-state index in [0.29, 0.717) is 50.6 Å². The SMILES string of the molecule is Cc1cccc(-c2ncc(F)cc2-c2ccc3ncc(C(N)=O)n3c2)n1.N#Cc1cnc2ccc(-c3cc(F)cnc3-c3cccc(C(F)F)n3)cn12. The van der Waals surface area contributed by atoms with Crippen LogP contribution in [0.1, 0.15) is 34.0 Å². The van der Waals surface area contributed by atoms with Crippen LogP contribution in [0.5, 0.6) is 0 Å². The zero-order chi connectivity index (χ0) is 37.2. The number of primary amides is 1. The van der Waals surface area contributed by atoms with E-state index in [1.165, 1.54) is 42.7 Å². The average Bonchev–Trinajstić information content (AvgIpc) is 3.79. The molecule has 0 bridgehead atoms. The summed E-state index contributed by atoms with van der Waals surface area (Å²) in [5.41, 5.74) is 11.3. The fourth-order valence-electron chi connectivity index (χ4n) is 5.65. The van der Waals surface area contributed by atoms with E-state index in [1.54, 1.807) is 45.5 Å². The van der Waals surface area contributed by atoms with E-state index in [-0.39, 0.29) is 22.8 Å². The Morgan fingerprint density at radius 2 is 1.30 bits per heavy atom. The molecular formula is C38H24F4N10O. The maximum Gasteiger partial charge on any atom is 0.280 e. The molecule has 0 aliphatic rings. The first-order valence-electron chi connectivity index (χ1n) is 15.7. The molecule has 0 aliphatic carbocycles. The molecule has 8 rings (SSSR count). The molecule has 8 heterocycles. The van der Waals surface area contributed by atoms with Gasteiger partial charge in [0.15, 0.2) is 0 Å². The van der Waals surface area contributed by atoms with Gasteiger partial charge in [0.05, 0.1) is 47.6 Å². The van der Waals surface area contributed by atoms with Crippen molar-refractivity contribution in [2.24, 2.45) is 5.73 Å². The number of aryl methyl sites for hydroxylation is 1. The van der Waals surface area contributed by atoms with Crippen molar-refractivity contribution in [2.75, 3.05) is 0 Å². The van der Waals surface area contributed by atoms with Crippen molar-refractivity contribution in [3.05, 3.63) is 144 Å². The highest BCUT2D eigenvalue weighted by atomic mass is 19.3. The third-order valence-electron chi connectivity index (χ3n) is 8.08. The molecule has 0 saturated carbocycles. The monoisotopic (exact) mass is 712 g/mol. The third kappa shape index (κ3) is 6.88. The number of carbonyl (C=O) groups is 1. The molecule has 0 unspecified atom stereocenters. The molecule has 260 valence electrons. The second kappa shape index (κ2) is 14.1. The normalized spacial score (nSPS) is 11.0. The van der Waals surface area contributed by atoms with Crippen LogP contribution in [0.25, 0.3) is 56.3 Å². The molecule has 0 atom stereocenters. The molecule has 15 heteroatoms. The van der Waals surface area contributed by atoms with Gasteiger partial charge in [0.2, 0.25) is 0 Å². The predicted molar refractivity (Wildman–Crippen MR) is 186 cm³/mol. The molecule has 0 fully saturated rings. The number of amides is 1. The molecule has 0 aliphatic heterocycles. The largest absolute Gasteiger partial charge is 0.364 e. The fraction of sp³-hybridized carbons (Fsp3) is 0.0526. The summed E-state index contributed by atoms with van der Waals surface area (Å²) in [4.78, 5) is 36.6. The first-order chi connectivity index (χ1) is 25.6. The van der Waals surface area contributed by atoms with Crippen LogP contribution >= 0.6 is 0 Å². The minimum Gasteiger partial charge on any atom is -0.364 e. The van der Waals surface area contributed by atoms with Crippen molar-refractivity contribution in [3.8, 4) is 51.1 Å². The van der Waals surface area contributed by atoms with Crippen LogP contribution in [0.4, 0.5) is 17.6 Å². The number of carbonyl (C=O) groups excluding carboxylic acids is 1. The van der Waals surface area contributed by atoms with Crippen LogP contribution in [0.3, 0.4) is 0 Å². The van der Waals surface area contributed by atoms with Gasteiger partial charge in [-0.05, 0) is 67.6 Å². The highest BCUT2D eigenvalue weighted by molar-refractivity contribution is 5.92. The van der Waals surface area contributed by atoms with Crippen LogP contribution in [-0.2, 0) is 0 Å². The van der Waals surface area contributed by atoms with Crippen molar-refractivity contribution >= 4 is 17.2 Å². The lowest BCUT2D eigenvalue weighted by Crippen LogP contribution is -2.13. The van der Waals surface area contributed by atoms with Gasteiger partial charge in [0.1, 0.15) is 46.1 Å². The van der Waals surface area contributed by atoms with Gasteiger partial charge in [-0.2, -0.15) is 5.26 Å². The number of alkyl halides is 2. The summed E-state index contributed by atoms with van der Waals surface area (Å²) in [7, 11) is 0. The van der Waals surface area contributed by atoms with E-state index in [2.05, 4.69) is 29.9 Å². The number of pyridine rings is 6. The third-order valence-corrected chi connectivity index (χ3v) is 8.08. The summed E-state index contributed by atoms with van der Waals surface area (Å²) >= 11 is 0. The van der Waals surface area contributed by atoms with Gasteiger partial charge in [-0.1, -0.05) is 12.1 Å². The van der Waals surface area contributed by atoms with Gasteiger partial charge in [0.25, 0.3) is 12.3 Å². The zero-order valence-electron chi connectivity index (χ0n) is 27.5. The van der Waals surface area contributed by atoms with Gasteiger partial charge in [0, 0.05) is 40.3 Å². The number of fused-ring (bicyclic) bond motifs is 2. The first-order valence-corrected chi connectivity index (χ1v) is 15.7. The first kappa shape index (κ1) is 34.1. The second-order valence-corrected chi connectivity index (χ2v) is 11.6.